The largest absolute Gasteiger partial charge is 0.490 e. The predicted molar refractivity (Wildman–Crippen MR) is 94.1 cm³/mol. The van der Waals surface area contributed by atoms with Crippen molar-refractivity contribution in [2.45, 2.75) is 13.0 Å². The number of carbonyl (C=O) groups excluding carboxylic acids is 1. The van der Waals surface area contributed by atoms with Crippen molar-refractivity contribution in [2.24, 2.45) is 0 Å². The lowest BCUT2D eigenvalue weighted by molar-refractivity contribution is -0.130. The molecule has 5 nitrogen and oxygen atoms in total. The summed E-state index contributed by atoms with van der Waals surface area (Å²) >= 11 is 0. The Balaban J connectivity index is 1.51. The summed E-state index contributed by atoms with van der Waals surface area (Å²) in [7, 11) is 0. The zero-order valence-electron chi connectivity index (χ0n) is 14.0. The molecule has 0 aromatic heterocycles. The van der Waals surface area contributed by atoms with Gasteiger partial charge in [0.1, 0.15) is 18.5 Å². The van der Waals surface area contributed by atoms with Crippen molar-refractivity contribution < 1.29 is 14.6 Å². The molecule has 2 aromatic rings. The molecule has 0 saturated carbocycles. The molecule has 1 N–H and O–H groups in total. The summed E-state index contributed by atoms with van der Waals surface area (Å²) in [5.74, 6) is 0.919. The quantitative estimate of drug-likeness (QED) is 0.908. The number of fused-ring (bicyclic) bond motifs is 1. The molecule has 24 heavy (non-hydrogen) atoms. The molecule has 1 amide bonds. The second-order valence-electron chi connectivity index (χ2n) is 6.25. The summed E-state index contributed by atoms with van der Waals surface area (Å²) < 4.78 is 5.84. The third kappa shape index (κ3) is 4.04. The van der Waals surface area contributed by atoms with Crippen LogP contribution in [0.15, 0.2) is 42.5 Å². The Kier molecular flexibility index (Phi) is 5.33. The normalized spacial score (nSPS) is 17.0. The van der Waals surface area contributed by atoms with Gasteiger partial charge in [-0.15, -0.1) is 0 Å². The van der Waals surface area contributed by atoms with E-state index in [1.807, 2.05) is 47.4 Å². The first-order valence-corrected chi connectivity index (χ1v) is 8.40. The van der Waals surface area contributed by atoms with E-state index in [1.165, 1.54) is 0 Å². The predicted octanol–water partition coefficient (Wildman–Crippen LogP) is 1.74. The number of β-amino-alcohol motifs (C(OH)–C–C–N with tert-alkyl or cyclic N) is 1. The Labute approximate surface area is 142 Å². The second-order valence-corrected chi connectivity index (χ2v) is 6.25. The molecule has 0 bridgehead atoms. The first-order chi connectivity index (χ1) is 11.6. The fraction of sp³-hybridized carbons (Fsp3) is 0.421. The van der Waals surface area contributed by atoms with Crippen molar-refractivity contribution in [1.82, 2.24) is 9.80 Å². The van der Waals surface area contributed by atoms with Gasteiger partial charge in [-0.2, -0.15) is 0 Å². The minimum atomic E-state index is -0.548. The lowest BCUT2D eigenvalue weighted by Gasteiger charge is -2.35. The van der Waals surface area contributed by atoms with Crippen molar-refractivity contribution in [2.75, 3.05) is 39.3 Å². The highest BCUT2D eigenvalue weighted by Crippen LogP contribution is 2.25. The molecule has 0 radical (unpaired) electrons. The Bertz CT molecular complexity index is 691. The molecule has 1 aliphatic rings. The standard InChI is InChI=1S/C19H24N2O3/c1-15(22)21-11-9-20(10-12-21)13-17(23)14-24-19-8-4-6-16-5-2-3-7-18(16)19/h2-8,17,23H,9-14H2,1H3. The summed E-state index contributed by atoms with van der Waals surface area (Å²) in [5, 5.41) is 12.4. The SMILES string of the molecule is CC(=O)N1CCN(CC(O)COc2cccc3ccccc23)CC1. The molecule has 0 aliphatic carbocycles. The van der Waals surface area contributed by atoms with Crippen LogP contribution in [0.4, 0.5) is 0 Å². The van der Waals surface area contributed by atoms with Gasteiger partial charge in [0.15, 0.2) is 0 Å². The van der Waals surface area contributed by atoms with E-state index in [-0.39, 0.29) is 12.5 Å². The molecule has 1 unspecified atom stereocenters. The van der Waals surface area contributed by atoms with Crippen LogP contribution in [-0.2, 0) is 4.79 Å². The maximum atomic E-state index is 11.3. The lowest BCUT2D eigenvalue weighted by Crippen LogP contribution is -2.50. The summed E-state index contributed by atoms with van der Waals surface area (Å²) in [5.41, 5.74) is 0. The third-order valence-electron chi connectivity index (χ3n) is 4.47. The van der Waals surface area contributed by atoms with Gasteiger partial charge < -0.3 is 14.7 Å². The third-order valence-corrected chi connectivity index (χ3v) is 4.47. The van der Waals surface area contributed by atoms with Crippen LogP contribution in [0.5, 0.6) is 5.75 Å². The van der Waals surface area contributed by atoms with E-state index in [0.29, 0.717) is 6.54 Å². The molecule has 128 valence electrons. The number of nitrogens with zero attached hydrogens (tertiary/aromatic N) is 2. The molecule has 1 atom stereocenters. The van der Waals surface area contributed by atoms with Crippen LogP contribution in [0, 0.1) is 0 Å². The van der Waals surface area contributed by atoms with E-state index >= 15 is 0 Å². The number of amides is 1. The van der Waals surface area contributed by atoms with Gasteiger partial charge in [-0.3, -0.25) is 9.69 Å². The van der Waals surface area contributed by atoms with Crippen LogP contribution in [0.25, 0.3) is 10.8 Å². The highest BCUT2D eigenvalue weighted by molar-refractivity contribution is 5.88. The molecule has 1 saturated heterocycles. The monoisotopic (exact) mass is 328 g/mol. The van der Waals surface area contributed by atoms with Gasteiger partial charge in [0.2, 0.25) is 5.91 Å². The van der Waals surface area contributed by atoms with E-state index < -0.39 is 6.10 Å². The van der Waals surface area contributed by atoms with Crippen molar-refractivity contribution in [3.05, 3.63) is 42.5 Å². The van der Waals surface area contributed by atoms with Crippen molar-refractivity contribution in [1.29, 1.82) is 0 Å². The topological polar surface area (TPSA) is 53.0 Å². The van der Waals surface area contributed by atoms with Crippen molar-refractivity contribution in [3.8, 4) is 5.75 Å². The van der Waals surface area contributed by atoms with Gasteiger partial charge >= 0.3 is 0 Å². The minimum absolute atomic E-state index is 0.120. The molecule has 1 fully saturated rings. The van der Waals surface area contributed by atoms with Crippen LogP contribution in [-0.4, -0.2) is 66.2 Å². The number of hydrogen-bond donors (Lipinski definition) is 1. The molecular formula is C19H24N2O3. The lowest BCUT2D eigenvalue weighted by atomic mass is 10.1. The summed E-state index contributed by atoms with van der Waals surface area (Å²) in [4.78, 5) is 15.4. The Morgan fingerprint density at radius 3 is 2.58 bits per heavy atom. The van der Waals surface area contributed by atoms with Gasteiger partial charge in [0.25, 0.3) is 0 Å². The van der Waals surface area contributed by atoms with Crippen molar-refractivity contribution >= 4 is 16.7 Å². The van der Waals surface area contributed by atoms with Crippen LogP contribution in [0.3, 0.4) is 0 Å². The number of ether oxygens (including phenoxy) is 1. The molecule has 0 spiro atoms. The zero-order valence-corrected chi connectivity index (χ0v) is 14.0. The van der Waals surface area contributed by atoms with Crippen LogP contribution >= 0.6 is 0 Å². The average molecular weight is 328 g/mol. The number of rotatable bonds is 5. The highest BCUT2D eigenvalue weighted by Gasteiger charge is 2.20. The van der Waals surface area contributed by atoms with Crippen molar-refractivity contribution in [3.63, 3.8) is 0 Å². The summed E-state index contributed by atoms with van der Waals surface area (Å²) in [6.45, 7) is 5.48. The fourth-order valence-electron chi connectivity index (χ4n) is 3.10. The number of benzene rings is 2. The Morgan fingerprint density at radius 1 is 1.12 bits per heavy atom. The summed E-state index contributed by atoms with van der Waals surface area (Å²) in [6.07, 6.45) is -0.548. The van der Waals surface area contributed by atoms with E-state index in [4.69, 9.17) is 4.74 Å². The van der Waals surface area contributed by atoms with E-state index in [1.54, 1.807) is 6.92 Å². The minimum Gasteiger partial charge on any atom is -0.490 e. The maximum Gasteiger partial charge on any atom is 0.219 e. The van der Waals surface area contributed by atoms with E-state index in [2.05, 4.69) is 4.90 Å². The van der Waals surface area contributed by atoms with Crippen LogP contribution < -0.4 is 4.74 Å². The second kappa shape index (κ2) is 7.64. The molecule has 1 aliphatic heterocycles. The van der Waals surface area contributed by atoms with E-state index in [0.717, 1.165) is 42.7 Å². The number of carbonyl (C=O) groups is 1. The molecule has 2 aromatic carbocycles. The van der Waals surface area contributed by atoms with Gasteiger partial charge in [0.05, 0.1) is 0 Å². The Hall–Kier alpha value is -2.11. The molecule has 1 heterocycles. The fourth-order valence-corrected chi connectivity index (χ4v) is 3.10. The van der Waals surface area contributed by atoms with Gasteiger partial charge in [-0.05, 0) is 11.5 Å². The van der Waals surface area contributed by atoms with E-state index in [9.17, 15) is 9.90 Å². The Morgan fingerprint density at radius 2 is 1.83 bits per heavy atom. The van der Waals surface area contributed by atoms with Gasteiger partial charge in [-0.1, -0.05) is 36.4 Å². The number of aliphatic hydroxyl groups excluding tert-OH is 1. The molecule has 5 heteroatoms. The molecule has 3 rings (SSSR count). The smallest absolute Gasteiger partial charge is 0.219 e. The first-order valence-electron chi connectivity index (χ1n) is 8.40. The highest BCUT2D eigenvalue weighted by atomic mass is 16.5. The van der Waals surface area contributed by atoms with Crippen LogP contribution in [0.1, 0.15) is 6.92 Å². The first kappa shape index (κ1) is 16.7. The number of aliphatic hydroxyl groups is 1. The summed E-state index contributed by atoms with van der Waals surface area (Å²) in [6, 6.07) is 14.0. The maximum absolute atomic E-state index is 11.3. The van der Waals surface area contributed by atoms with Gasteiger partial charge in [0, 0.05) is 45.0 Å². The molecular weight excluding hydrogens is 304 g/mol. The van der Waals surface area contributed by atoms with Gasteiger partial charge in [-0.25, -0.2) is 0 Å². The number of hydrogen-bond acceptors (Lipinski definition) is 4. The average Bonchev–Trinajstić information content (AvgIpc) is 2.60. The number of piperazine rings is 1. The zero-order chi connectivity index (χ0) is 16.9. The van der Waals surface area contributed by atoms with Crippen LogP contribution in [0.2, 0.25) is 0 Å².